The van der Waals surface area contributed by atoms with Crippen LogP contribution in [0, 0.1) is 17.6 Å². The van der Waals surface area contributed by atoms with E-state index in [4.69, 9.17) is 17.3 Å². The Morgan fingerprint density at radius 2 is 1.93 bits per heavy atom. The average Bonchev–Trinajstić information content (AvgIpc) is 2.67. The third-order valence-corrected chi connectivity index (χ3v) is 5.28. The minimum atomic E-state index is -0.596. The Kier molecular flexibility index (Phi) is 6.31. The summed E-state index contributed by atoms with van der Waals surface area (Å²) in [6, 6.07) is 5.11. The molecule has 2 heterocycles. The van der Waals surface area contributed by atoms with Gasteiger partial charge in [-0.2, -0.15) is 0 Å². The Hall–Kier alpha value is -2.45. The number of nitrogens with zero attached hydrogens (tertiary/aromatic N) is 1. The van der Waals surface area contributed by atoms with Crippen LogP contribution in [-0.2, 0) is 6.54 Å². The lowest BCUT2D eigenvalue weighted by atomic mass is 9.96. The molecule has 0 aliphatic carbocycles. The molecule has 150 valence electrons. The molecule has 0 radical (unpaired) electrons. The number of aromatic amines is 1. The van der Waals surface area contributed by atoms with E-state index in [1.807, 2.05) is 4.90 Å². The SMILES string of the molecule is Nc1[nH]c(=O)c(C(=O)NCC2CCN(Cc3c(F)cccc3F)CC2)cc1Cl. The van der Waals surface area contributed by atoms with Crippen molar-refractivity contribution in [2.45, 2.75) is 19.4 Å². The van der Waals surface area contributed by atoms with Crippen molar-refractivity contribution in [1.29, 1.82) is 0 Å². The maximum Gasteiger partial charge on any atom is 0.262 e. The van der Waals surface area contributed by atoms with Gasteiger partial charge in [-0.15, -0.1) is 0 Å². The fourth-order valence-corrected chi connectivity index (χ4v) is 3.43. The lowest BCUT2D eigenvalue weighted by Gasteiger charge is -2.32. The largest absolute Gasteiger partial charge is 0.384 e. The highest BCUT2D eigenvalue weighted by atomic mass is 35.5. The monoisotopic (exact) mass is 410 g/mol. The Balaban J connectivity index is 1.50. The second-order valence-corrected chi connectivity index (χ2v) is 7.31. The van der Waals surface area contributed by atoms with Crippen LogP contribution in [0.25, 0.3) is 0 Å². The first-order valence-electron chi connectivity index (χ1n) is 8.97. The van der Waals surface area contributed by atoms with Crippen LogP contribution in [0.15, 0.2) is 29.1 Å². The molecule has 0 spiro atoms. The second-order valence-electron chi connectivity index (χ2n) is 6.90. The van der Waals surface area contributed by atoms with Gasteiger partial charge in [0.05, 0.1) is 5.02 Å². The van der Waals surface area contributed by atoms with Crippen molar-refractivity contribution in [3.63, 3.8) is 0 Å². The first-order valence-corrected chi connectivity index (χ1v) is 9.34. The van der Waals surface area contributed by atoms with E-state index in [1.165, 1.54) is 24.3 Å². The fourth-order valence-electron chi connectivity index (χ4n) is 3.28. The van der Waals surface area contributed by atoms with E-state index in [1.54, 1.807) is 0 Å². The molecule has 1 saturated heterocycles. The first-order chi connectivity index (χ1) is 13.3. The zero-order valence-electron chi connectivity index (χ0n) is 15.1. The molecule has 3 rings (SSSR count). The smallest absolute Gasteiger partial charge is 0.262 e. The van der Waals surface area contributed by atoms with Gasteiger partial charge in [0.25, 0.3) is 11.5 Å². The zero-order valence-corrected chi connectivity index (χ0v) is 15.9. The summed E-state index contributed by atoms with van der Waals surface area (Å²) in [6.07, 6.45) is 1.55. The molecule has 1 aromatic carbocycles. The van der Waals surface area contributed by atoms with E-state index in [0.717, 1.165) is 12.8 Å². The van der Waals surface area contributed by atoms with Crippen molar-refractivity contribution < 1.29 is 13.6 Å². The highest BCUT2D eigenvalue weighted by Crippen LogP contribution is 2.21. The number of halogens is 3. The molecular formula is C19H21ClF2N4O2. The number of pyridine rings is 1. The van der Waals surface area contributed by atoms with Crippen LogP contribution in [0.5, 0.6) is 0 Å². The van der Waals surface area contributed by atoms with Crippen molar-refractivity contribution in [3.8, 4) is 0 Å². The molecule has 0 saturated carbocycles. The number of carbonyl (C=O) groups is 1. The van der Waals surface area contributed by atoms with Gasteiger partial charge in [0.1, 0.15) is 23.0 Å². The van der Waals surface area contributed by atoms with Gasteiger partial charge in [0.15, 0.2) is 0 Å². The molecule has 28 heavy (non-hydrogen) atoms. The molecule has 1 fully saturated rings. The normalized spacial score (nSPS) is 15.5. The van der Waals surface area contributed by atoms with Crippen molar-refractivity contribution in [2.75, 3.05) is 25.4 Å². The van der Waals surface area contributed by atoms with E-state index in [-0.39, 0.29) is 34.4 Å². The van der Waals surface area contributed by atoms with Crippen LogP contribution in [0.1, 0.15) is 28.8 Å². The molecule has 2 aromatic rings. The summed E-state index contributed by atoms with van der Waals surface area (Å²) in [6.45, 7) is 1.96. The minimum absolute atomic E-state index is 0.0156. The number of piperidine rings is 1. The fraction of sp³-hybridized carbons (Fsp3) is 0.368. The van der Waals surface area contributed by atoms with Crippen LogP contribution in [0.4, 0.5) is 14.6 Å². The van der Waals surface area contributed by atoms with Crippen molar-refractivity contribution >= 4 is 23.3 Å². The van der Waals surface area contributed by atoms with E-state index in [2.05, 4.69) is 10.3 Å². The molecule has 0 atom stereocenters. The molecule has 4 N–H and O–H groups in total. The quantitative estimate of drug-likeness (QED) is 0.706. The molecule has 0 unspecified atom stereocenters. The summed E-state index contributed by atoms with van der Waals surface area (Å²) in [7, 11) is 0. The Bertz CT molecular complexity index is 906. The third-order valence-electron chi connectivity index (χ3n) is 4.97. The molecule has 9 heteroatoms. The average molecular weight is 411 g/mol. The molecule has 1 aliphatic heterocycles. The molecule has 6 nitrogen and oxygen atoms in total. The molecule has 1 amide bonds. The van der Waals surface area contributed by atoms with Crippen molar-refractivity contribution in [1.82, 2.24) is 15.2 Å². The van der Waals surface area contributed by atoms with E-state index >= 15 is 0 Å². The summed E-state index contributed by atoms with van der Waals surface area (Å²) < 4.78 is 27.6. The Labute approximate surface area is 165 Å². The maximum absolute atomic E-state index is 13.8. The van der Waals surface area contributed by atoms with E-state index in [9.17, 15) is 18.4 Å². The standard InChI is InChI=1S/C19H21ClF2N4O2/c20-14-8-12(19(28)25-17(14)23)18(27)24-9-11-4-6-26(7-5-11)10-13-15(21)2-1-3-16(13)22/h1-3,8,11H,4-7,9-10H2,(H,24,27)(H3,23,25,28). The number of nitrogens with two attached hydrogens (primary N) is 1. The number of nitrogen functional groups attached to an aromatic ring is 1. The van der Waals surface area contributed by atoms with Gasteiger partial charge in [-0.05, 0) is 50.0 Å². The molecule has 0 bridgehead atoms. The van der Waals surface area contributed by atoms with Gasteiger partial charge < -0.3 is 16.0 Å². The van der Waals surface area contributed by atoms with Crippen molar-refractivity contribution in [3.05, 3.63) is 62.4 Å². The molecular weight excluding hydrogens is 390 g/mol. The number of amides is 1. The third kappa shape index (κ3) is 4.69. The highest BCUT2D eigenvalue weighted by Gasteiger charge is 2.22. The number of nitrogens with one attached hydrogen (secondary N) is 2. The minimum Gasteiger partial charge on any atom is -0.384 e. The van der Waals surface area contributed by atoms with E-state index < -0.39 is 23.1 Å². The lowest BCUT2D eigenvalue weighted by molar-refractivity contribution is 0.0933. The Morgan fingerprint density at radius 3 is 2.57 bits per heavy atom. The number of rotatable bonds is 5. The highest BCUT2D eigenvalue weighted by molar-refractivity contribution is 6.33. The summed E-state index contributed by atoms with van der Waals surface area (Å²) >= 11 is 5.85. The first kappa shape index (κ1) is 20.3. The van der Waals surface area contributed by atoms with Crippen LogP contribution < -0.4 is 16.6 Å². The van der Waals surface area contributed by atoms with Gasteiger partial charge in [-0.1, -0.05) is 17.7 Å². The number of H-pyrrole nitrogens is 1. The number of carbonyl (C=O) groups excluding carboxylic acids is 1. The predicted octanol–water partition coefficient (Wildman–Crippen LogP) is 2.53. The summed E-state index contributed by atoms with van der Waals surface area (Å²) in [5.74, 6) is -1.36. The maximum atomic E-state index is 13.8. The van der Waals surface area contributed by atoms with Gasteiger partial charge in [0, 0.05) is 18.7 Å². The summed E-state index contributed by atoms with van der Waals surface area (Å²) in [5, 5.41) is 2.85. The number of aromatic nitrogens is 1. The van der Waals surface area contributed by atoms with Crippen LogP contribution in [-0.4, -0.2) is 35.4 Å². The Morgan fingerprint density at radius 1 is 1.29 bits per heavy atom. The number of hydrogen-bond acceptors (Lipinski definition) is 4. The lowest BCUT2D eigenvalue weighted by Crippen LogP contribution is -2.39. The van der Waals surface area contributed by atoms with Crippen LogP contribution in [0.3, 0.4) is 0 Å². The van der Waals surface area contributed by atoms with Gasteiger partial charge in [-0.25, -0.2) is 8.78 Å². The van der Waals surface area contributed by atoms with Gasteiger partial charge >= 0.3 is 0 Å². The second kappa shape index (κ2) is 8.70. The number of hydrogen-bond donors (Lipinski definition) is 3. The van der Waals surface area contributed by atoms with Gasteiger partial charge in [-0.3, -0.25) is 14.5 Å². The zero-order chi connectivity index (χ0) is 20.3. The molecule has 1 aromatic heterocycles. The van der Waals surface area contributed by atoms with Gasteiger partial charge in [0.2, 0.25) is 0 Å². The summed E-state index contributed by atoms with van der Waals surface area (Å²) in [5.41, 5.74) is 4.89. The van der Waals surface area contributed by atoms with Crippen molar-refractivity contribution in [2.24, 2.45) is 5.92 Å². The number of anilines is 1. The topological polar surface area (TPSA) is 91.2 Å². The summed E-state index contributed by atoms with van der Waals surface area (Å²) in [4.78, 5) is 28.4. The molecule has 1 aliphatic rings. The number of benzene rings is 1. The number of likely N-dealkylation sites (tertiary alicyclic amines) is 1. The van der Waals surface area contributed by atoms with Crippen LogP contribution >= 0.6 is 11.6 Å². The van der Waals surface area contributed by atoms with Crippen LogP contribution in [0.2, 0.25) is 5.02 Å². The van der Waals surface area contributed by atoms with E-state index in [0.29, 0.717) is 19.6 Å². The predicted molar refractivity (Wildman–Crippen MR) is 103 cm³/mol.